The fourth-order valence-corrected chi connectivity index (χ4v) is 2.72. The van der Waals surface area contributed by atoms with E-state index in [-0.39, 0.29) is 5.95 Å². The van der Waals surface area contributed by atoms with Gasteiger partial charge < -0.3 is 15.5 Å². The number of nitrogen functional groups attached to an aromatic ring is 1. The van der Waals surface area contributed by atoms with Crippen LogP contribution in [0.4, 0.5) is 17.8 Å². The molecule has 0 aromatic carbocycles. The van der Waals surface area contributed by atoms with Gasteiger partial charge in [-0.1, -0.05) is 6.07 Å². The smallest absolute Gasteiger partial charge is 0.231 e. The summed E-state index contributed by atoms with van der Waals surface area (Å²) >= 11 is 1.77. The SMILES string of the molecule is CCN(CC)c1nc(N)nc(N(C)CCc2cccs2)n1. The van der Waals surface area contributed by atoms with E-state index in [1.165, 1.54) is 4.88 Å². The molecule has 0 aliphatic heterocycles. The molecule has 0 saturated heterocycles. The summed E-state index contributed by atoms with van der Waals surface area (Å²) in [5.74, 6) is 1.54. The number of hydrogen-bond donors (Lipinski definition) is 1. The second-order valence-corrected chi connectivity index (χ2v) is 5.75. The third-order valence-corrected chi connectivity index (χ3v) is 4.23. The zero-order valence-corrected chi connectivity index (χ0v) is 13.6. The van der Waals surface area contributed by atoms with Crippen LogP contribution in [0.1, 0.15) is 18.7 Å². The van der Waals surface area contributed by atoms with Crippen molar-refractivity contribution < 1.29 is 0 Å². The zero-order chi connectivity index (χ0) is 15.2. The number of rotatable bonds is 7. The number of thiophene rings is 1. The summed E-state index contributed by atoms with van der Waals surface area (Å²) in [6.07, 6.45) is 0.973. The largest absolute Gasteiger partial charge is 0.368 e. The Hall–Kier alpha value is -1.89. The van der Waals surface area contributed by atoms with E-state index < -0.39 is 0 Å². The van der Waals surface area contributed by atoms with Crippen molar-refractivity contribution in [3.63, 3.8) is 0 Å². The first-order valence-electron chi connectivity index (χ1n) is 7.14. The lowest BCUT2D eigenvalue weighted by Crippen LogP contribution is -2.28. The van der Waals surface area contributed by atoms with Gasteiger partial charge in [-0.3, -0.25) is 0 Å². The van der Waals surface area contributed by atoms with Gasteiger partial charge in [0.1, 0.15) is 0 Å². The molecule has 114 valence electrons. The minimum absolute atomic E-state index is 0.268. The summed E-state index contributed by atoms with van der Waals surface area (Å²) < 4.78 is 0. The standard InChI is InChI=1S/C14H22N6S/c1-4-20(5-2)14-17-12(15)16-13(18-14)19(3)9-8-11-7-6-10-21-11/h6-7,10H,4-5,8-9H2,1-3H3,(H2,15,16,17,18). The Labute approximate surface area is 129 Å². The molecule has 0 saturated carbocycles. The summed E-state index contributed by atoms with van der Waals surface area (Å²) in [4.78, 5) is 18.4. The fraction of sp³-hybridized carbons (Fsp3) is 0.500. The highest BCUT2D eigenvalue weighted by atomic mass is 32.1. The summed E-state index contributed by atoms with van der Waals surface area (Å²) in [6, 6.07) is 4.21. The predicted molar refractivity (Wildman–Crippen MR) is 89.1 cm³/mol. The third-order valence-electron chi connectivity index (χ3n) is 3.29. The lowest BCUT2D eigenvalue weighted by atomic mass is 10.3. The van der Waals surface area contributed by atoms with Gasteiger partial charge in [-0.2, -0.15) is 15.0 Å². The van der Waals surface area contributed by atoms with Crippen molar-refractivity contribution >= 4 is 29.2 Å². The van der Waals surface area contributed by atoms with E-state index in [1.54, 1.807) is 11.3 Å². The van der Waals surface area contributed by atoms with Crippen molar-refractivity contribution in [2.24, 2.45) is 0 Å². The van der Waals surface area contributed by atoms with Crippen LogP contribution in [-0.4, -0.2) is 41.6 Å². The van der Waals surface area contributed by atoms with Crippen LogP contribution in [0.3, 0.4) is 0 Å². The number of hydrogen-bond acceptors (Lipinski definition) is 7. The molecule has 2 heterocycles. The van der Waals surface area contributed by atoms with Crippen molar-refractivity contribution in [2.45, 2.75) is 20.3 Å². The topological polar surface area (TPSA) is 71.2 Å². The Bertz CT molecular complexity index is 553. The molecule has 2 aromatic rings. The van der Waals surface area contributed by atoms with Crippen LogP contribution >= 0.6 is 11.3 Å². The predicted octanol–water partition coefficient (Wildman–Crippen LogP) is 2.04. The van der Waals surface area contributed by atoms with Crippen molar-refractivity contribution in [3.05, 3.63) is 22.4 Å². The number of aromatic nitrogens is 3. The molecule has 0 spiro atoms. The summed E-state index contributed by atoms with van der Waals surface area (Å²) in [5.41, 5.74) is 5.82. The number of likely N-dealkylation sites (N-methyl/N-ethyl adjacent to an activating group) is 1. The highest BCUT2D eigenvalue weighted by Gasteiger charge is 2.12. The Morgan fingerprint density at radius 1 is 1.14 bits per heavy atom. The Kier molecular flexibility index (Phi) is 5.32. The van der Waals surface area contributed by atoms with Gasteiger partial charge in [0.25, 0.3) is 0 Å². The van der Waals surface area contributed by atoms with Crippen LogP contribution in [0.15, 0.2) is 17.5 Å². The molecule has 0 bridgehead atoms. The monoisotopic (exact) mass is 306 g/mol. The maximum Gasteiger partial charge on any atom is 0.231 e. The maximum absolute atomic E-state index is 5.82. The van der Waals surface area contributed by atoms with E-state index in [1.807, 2.05) is 11.9 Å². The van der Waals surface area contributed by atoms with Crippen molar-refractivity contribution in [1.29, 1.82) is 0 Å². The molecule has 0 aliphatic rings. The molecule has 0 radical (unpaired) electrons. The van der Waals surface area contributed by atoms with Gasteiger partial charge in [-0.25, -0.2) is 0 Å². The minimum atomic E-state index is 0.268. The molecule has 0 atom stereocenters. The molecule has 2 N–H and O–H groups in total. The molecule has 0 fully saturated rings. The first kappa shape index (κ1) is 15.5. The molecule has 7 heteroatoms. The van der Waals surface area contributed by atoms with Gasteiger partial charge in [-0.05, 0) is 31.7 Å². The lowest BCUT2D eigenvalue weighted by Gasteiger charge is -2.22. The third kappa shape index (κ3) is 4.04. The van der Waals surface area contributed by atoms with E-state index in [0.717, 1.165) is 26.1 Å². The molecule has 0 amide bonds. The van der Waals surface area contributed by atoms with E-state index in [0.29, 0.717) is 11.9 Å². The Morgan fingerprint density at radius 2 is 1.86 bits per heavy atom. The first-order valence-corrected chi connectivity index (χ1v) is 8.02. The fourth-order valence-electron chi connectivity index (χ4n) is 2.02. The van der Waals surface area contributed by atoms with Crippen LogP contribution in [0.2, 0.25) is 0 Å². The van der Waals surface area contributed by atoms with Crippen LogP contribution in [0.5, 0.6) is 0 Å². The van der Waals surface area contributed by atoms with Gasteiger partial charge in [0.2, 0.25) is 17.8 Å². The average Bonchev–Trinajstić information content (AvgIpc) is 2.99. The van der Waals surface area contributed by atoms with Crippen molar-refractivity contribution in [2.75, 3.05) is 42.2 Å². The maximum atomic E-state index is 5.82. The first-order chi connectivity index (χ1) is 10.1. The average molecular weight is 306 g/mol. The number of nitrogens with two attached hydrogens (primary N) is 1. The van der Waals surface area contributed by atoms with Crippen molar-refractivity contribution in [3.8, 4) is 0 Å². The van der Waals surface area contributed by atoms with E-state index in [4.69, 9.17) is 5.73 Å². The molecule has 2 aromatic heterocycles. The van der Waals surface area contributed by atoms with E-state index in [9.17, 15) is 0 Å². The summed E-state index contributed by atoms with van der Waals surface area (Å²) in [7, 11) is 1.98. The highest BCUT2D eigenvalue weighted by molar-refractivity contribution is 7.09. The van der Waals surface area contributed by atoms with Crippen LogP contribution in [0, 0.1) is 0 Å². The zero-order valence-electron chi connectivity index (χ0n) is 12.8. The van der Waals surface area contributed by atoms with Gasteiger partial charge in [0, 0.05) is 31.6 Å². The molecule has 2 rings (SSSR count). The van der Waals surface area contributed by atoms with Crippen LogP contribution in [0.25, 0.3) is 0 Å². The molecule has 21 heavy (non-hydrogen) atoms. The second-order valence-electron chi connectivity index (χ2n) is 4.72. The van der Waals surface area contributed by atoms with Gasteiger partial charge in [0.15, 0.2) is 0 Å². The lowest BCUT2D eigenvalue weighted by molar-refractivity contribution is 0.791. The van der Waals surface area contributed by atoms with Gasteiger partial charge in [0.05, 0.1) is 0 Å². The highest BCUT2D eigenvalue weighted by Crippen LogP contribution is 2.15. The van der Waals surface area contributed by atoms with E-state index >= 15 is 0 Å². The summed E-state index contributed by atoms with van der Waals surface area (Å²) in [6.45, 7) is 6.69. The molecule has 6 nitrogen and oxygen atoms in total. The molecule has 0 unspecified atom stereocenters. The normalized spacial score (nSPS) is 10.6. The molecular weight excluding hydrogens is 284 g/mol. The molecular formula is C14H22N6S. The molecule has 0 aliphatic carbocycles. The summed E-state index contributed by atoms with van der Waals surface area (Å²) in [5, 5.41) is 2.09. The van der Waals surface area contributed by atoms with Gasteiger partial charge >= 0.3 is 0 Å². The number of anilines is 3. The Morgan fingerprint density at radius 3 is 2.48 bits per heavy atom. The number of nitrogens with zero attached hydrogens (tertiary/aromatic N) is 5. The Balaban J connectivity index is 2.10. The minimum Gasteiger partial charge on any atom is -0.368 e. The van der Waals surface area contributed by atoms with Crippen LogP contribution < -0.4 is 15.5 Å². The quantitative estimate of drug-likeness (QED) is 0.844. The van der Waals surface area contributed by atoms with Crippen LogP contribution in [-0.2, 0) is 6.42 Å². The van der Waals surface area contributed by atoms with E-state index in [2.05, 4.69) is 51.2 Å². The van der Waals surface area contributed by atoms with Gasteiger partial charge in [-0.15, -0.1) is 11.3 Å². The van der Waals surface area contributed by atoms with Crippen molar-refractivity contribution in [1.82, 2.24) is 15.0 Å². The second kappa shape index (κ2) is 7.21.